The fourth-order valence-corrected chi connectivity index (χ4v) is 3.49. The monoisotopic (exact) mass is 355 g/mol. The summed E-state index contributed by atoms with van der Waals surface area (Å²) in [6, 6.07) is 8.37. The highest BCUT2D eigenvalue weighted by atomic mass is 16.2. The second-order valence-corrected chi connectivity index (χ2v) is 6.98. The number of H-pyrrole nitrogens is 1. The summed E-state index contributed by atoms with van der Waals surface area (Å²) in [5, 5.41) is 3.13. The average molecular weight is 355 g/mol. The van der Waals surface area contributed by atoms with E-state index in [-0.39, 0.29) is 12.1 Å². The molecule has 2 aromatic rings. The van der Waals surface area contributed by atoms with Gasteiger partial charge in [-0.3, -0.25) is 0 Å². The van der Waals surface area contributed by atoms with Crippen molar-refractivity contribution in [3.63, 3.8) is 0 Å². The average Bonchev–Trinajstić information content (AvgIpc) is 2.92. The SMILES string of the molecule is CCC(NC(=O)N1CCCN(c2ccccc2C)CC1)c1ncc(C)[nH]1. The smallest absolute Gasteiger partial charge is 0.318 e. The van der Waals surface area contributed by atoms with Gasteiger partial charge >= 0.3 is 6.03 Å². The Labute approximate surface area is 155 Å². The first-order valence-electron chi connectivity index (χ1n) is 9.46. The molecule has 6 heteroatoms. The Morgan fingerprint density at radius 1 is 1.23 bits per heavy atom. The number of nitrogens with zero attached hydrogens (tertiary/aromatic N) is 3. The van der Waals surface area contributed by atoms with E-state index >= 15 is 0 Å². The maximum absolute atomic E-state index is 12.8. The minimum Gasteiger partial charge on any atom is -0.369 e. The van der Waals surface area contributed by atoms with Crippen LogP contribution in [0.2, 0.25) is 0 Å². The highest BCUT2D eigenvalue weighted by Crippen LogP contribution is 2.21. The molecule has 0 saturated carbocycles. The van der Waals surface area contributed by atoms with Gasteiger partial charge in [0, 0.05) is 43.8 Å². The number of imidazole rings is 1. The van der Waals surface area contributed by atoms with Gasteiger partial charge in [-0.05, 0) is 38.3 Å². The molecule has 0 aliphatic carbocycles. The zero-order valence-corrected chi connectivity index (χ0v) is 16.0. The molecule has 1 aromatic carbocycles. The van der Waals surface area contributed by atoms with Crippen molar-refractivity contribution in [2.24, 2.45) is 0 Å². The third-order valence-electron chi connectivity index (χ3n) is 5.00. The van der Waals surface area contributed by atoms with Crippen LogP contribution in [0.4, 0.5) is 10.5 Å². The maximum atomic E-state index is 12.8. The van der Waals surface area contributed by atoms with Crippen LogP contribution in [0, 0.1) is 13.8 Å². The maximum Gasteiger partial charge on any atom is 0.318 e. The molecule has 2 heterocycles. The van der Waals surface area contributed by atoms with E-state index in [1.807, 2.05) is 11.8 Å². The number of carbonyl (C=O) groups is 1. The van der Waals surface area contributed by atoms with E-state index < -0.39 is 0 Å². The van der Waals surface area contributed by atoms with Gasteiger partial charge in [0.1, 0.15) is 5.82 Å². The predicted octanol–water partition coefficient (Wildman–Crippen LogP) is 3.40. The van der Waals surface area contributed by atoms with Crippen molar-refractivity contribution in [3.8, 4) is 0 Å². The molecule has 2 N–H and O–H groups in total. The molecule has 3 rings (SSSR count). The number of urea groups is 1. The van der Waals surface area contributed by atoms with E-state index in [1.165, 1.54) is 11.3 Å². The standard InChI is InChI=1S/C20H29N5O/c1-4-17(19-21-14-16(3)22-19)23-20(26)25-11-7-10-24(12-13-25)18-9-6-5-8-15(18)2/h5-6,8-9,14,17H,4,7,10-13H2,1-3H3,(H,21,22)(H,23,26). The Morgan fingerprint density at radius 2 is 2.04 bits per heavy atom. The lowest BCUT2D eigenvalue weighted by molar-refractivity contribution is 0.196. The lowest BCUT2D eigenvalue weighted by Gasteiger charge is -2.26. The van der Waals surface area contributed by atoms with Gasteiger partial charge in [0.25, 0.3) is 0 Å². The largest absolute Gasteiger partial charge is 0.369 e. The van der Waals surface area contributed by atoms with Gasteiger partial charge in [-0.15, -0.1) is 0 Å². The van der Waals surface area contributed by atoms with E-state index in [2.05, 4.69) is 58.3 Å². The van der Waals surface area contributed by atoms with Crippen molar-refractivity contribution in [3.05, 3.63) is 47.5 Å². The third kappa shape index (κ3) is 4.18. The quantitative estimate of drug-likeness (QED) is 0.883. The first kappa shape index (κ1) is 18.3. The molecule has 1 saturated heterocycles. The van der Waals surface area contributed by atoms with Crippen molar-refractivity contribution in [1.29, 1.82) is 0 Å². The molecule has 1 fully saturated rings. The van der Waals surface area contributed by atoms with E-state index in [1.54, 1.807) is 6.20 Å². The third-order valence-corrected chi connectivity index (χ3v) is 5.00. The predicted molar refractivity (Wildman–Crippen MR) is 104 cm³/mol. The fourth-order valence-electron chi connectivity index (χ4n) is 3.49. The summed E-state index contributed by atoms with van der Waals surface area (Å²) in [4.78, 5) is 24.7. The molecule has 0 radical (unpaired) electrons. The molecule has 1 aliphatic rings. The molecule has 26 heavy (non-hydrogen) atoms. The van der Waals surface area contributed by atoms with Crippen molar-refractivity contribution >= 4 is 11.7 Å². The van der Waals surface area contributed by atoms with Crippen LogP contribution in [0.5, 0.6) is 0 Å². The molecule has 1 aromatic heterocycles. The van der Waals surface area contributed by atoms with E-state index in [0.717, 1.165) is 50.5 Å². The molecule has 1 aliphatic heterocycles. The lowest BCUT2D eigenvalue weighted by atomic mass is 10.2. The Balaban J connectivity index is 1.61. The van der Waals surface area contributed by atoms with Crippen LogP contribution in [0.3, 0.4) is 0 Å². The van der Waals surface area contributed by atoms with Crippen LogP contribution in [0.25, 0.3) is 0 Å². The van der Waals surface area contributed by atoms with Crippen LogP contribution >= 0.6 is 0 Å². The summed E-state index contributed by atoms with van der Waals surface area (Å²) in [7, 11) is 0. The molecule has 0 spiro atoms. The van der Waals surface area contributed by atoms with Crippen LogP contribution in [-0.4, -0.2) is 47.1 Å². The van der Waals surface area contributed by atoms with Gasteiger partial charge < -0.3 is 20.1 Å². The molecule has 140 valence electrons. The zero-order chi connectivity index (χ0) is 18.5. The van der Waals surface area contributed by atoms with Gasteiger partial charge in [-0.25, -0.2) is 9.78 Å². The van der Waals surface area contributed by atoms with Crippen molar-refractivity contribution in [2.75, 3.05) is 31.1 Å². The summed E-state index contributed by atoms with van der Waals surface area (Å²) < 4.78 is 0. The van der Waals surface area contributed by atoms with E-state index in [0.29, 0.717) is 0 Å². The molecule has 0 bridgehead atoms. The Morgan fingerprint density at radius 3 is 2.73 bits per heavy atom. The van der Waals surface area contributed by atoms with E-state index in [4.69, 9.17) is 0 Å². The number of hydrogen-bond acceptors (Lipinski definition) is 3. The van der Waals surface area contributed by atoms with Crippen LogP contribution < -0.4 is 10.2 Å². The number of amides is 2. The van der Waals surface area contributed by atoms with Crippen LogP contribution in [0.15, 0.2) is 30.5 Å². The number of rotatable bonds is 4. The van der Waals surface area contributed by atoms with Gasteiger partial charge in [0.15, 0.2) is 0 Å². The zero-order valence-electron chi connectivity index (χ0n) is 16.0. The number of aromatic nitrogens is 2. The number of aromatic amines is 1. The van der Waals surface area contributed by atoms with E-state index in [9.17, 15) is 4.79 Å². The molecular formula is C20H29N5O. The minimum absolute atomic E-state index is 0.00228. The molecule has 2 amide bonds. The summed E-state index contributed by atoms with van der Waals surface area (Å²) in [6.07, 6.45) is 3.58. The molecular weight excluding hydrogens is 326 g/mol. The first-order valence-corrected chi connectivity index (χ1v) is 9.46. The second kappa shape index (κ2) is 8.25. The number of hydrogen-bond donors (Lipinski definition) is 2. The molecule has 1 unspecified atom stereocenters. The number of benzene rings is 1. The molecule has 1 atom stereocenters. The van der Waals surface area contributed by atoms with Gasteiger partial charge in [0.05, 0.1) is 6.04 Å². The summed E-state index contributed by atoms with van der Waals surface area (Å²) in [6.45, 7) is 9.51. The molecule has 6 nitrogen and oxygen atoms in total. The van der Waals surface area contributed by atoms with Crippen molar-refractivity contribution in [2.45, 2.75) is 39.7 Å². The van der Waals surface area contributed by atoms with Gasteiger partial charge in [-0.2, -0.15) is 0 Å². The minimum atomic E-state index is -0.0769. The number of aryl methyl sites for hydroxylation is 2. The highest BCUT2D eigenvalue weighted by Gasteiger charge is 2.23. The number of para-hydroxylation sites is 1. The highest BCUT2D eigenvalue weighted by molar-refractivity contribution is 5.74. The Bertz CT molecular complexity index is 741. The normalized spacial score (nSPS) is 16.3. The Hall–Kier alpha value is -2.50. The first-order chi connectivity index (χ1) is 12.6. The summed E-state index contributed by atoms with van der Waals surface area (Å²) >= 11 is 0. The number of carbonyl (C=O) groups excluding carboxylic acids is 1. The number of anilines is 1. The second-order valence-electron chi connectivity index (χ2n) is 6.98. The fraction of sp³-hybridized carbons (Fsp3) is 0.500. The topological polar surface area (TPSA) is 64.3 Å². The van der Waals surface area contributed by atoms with Gasteiger partial charge in [-0.1, -0.05) is 25.1 Å². The summed E-state index contributed by atoms with van der Waals surface area (Å²) in [5.41, 5.74) is 3.56. The van der Waals surface area contributed by atoms with Crippen LogP contribution in [0.1, 0.15) is 42.9 Å². The summed E-state index contributed by atoms with van der Waals surface area (Å²) in [5.74, 6) is 0.828. The Kier molecular flexibility index (Phi) is 5.81. The van der Waals surface area contributed by atoms with Gasteiger partial charge in [0.2, 0.25) is 0 Å². The van der Waals surface area contributed by atoms with Crippen LogP contribution in [-0.2, 0) is 0 Å². The van der Waals surface area contributed by atoms with Crippen molar-refractivity contribution < 1.29 is 4.79 Å². The lowest BCUT2D eigenvalue weighted by Crippen LogP contribution is -2.43. The number of nitrogens with one attached hydrogen (secondary N) is 2. The van der Waals surface area contributed by atoms with Crippen molar-refractivity contribution in [1.82, 2.24) is 20.2 Å².